The Morgan fingerprint density at radius 2 is 1.86 bits per heavy atom. The van der Waals surface area contributed by atoms with E-state index in [1.807, 2.05) is 6.07 Å². The molecule has 9 heteroatoms. The Morgan fingerprint density at radius 1 is 1.17 bits per heavy atom. The van der Waals surface area contributed by atoms with Crippen molar-refractivity contribution in [2.45, 2.75) is 19.2 Å². The highest BCUT2D eigenvalue weighted by molar-refractivity contribution is 6.01. The molecule has 1 fully saturated rings. The quantitative estimate of drug-likeness (QED) is 0.631. The van der Waals surface area contributed by atoms with E-state index in [-0.39, 0.29) is 23.2 Å². The number of nitrogens with one attached hydrogen (secondary N) is 1. The van der Waals surface area contributed by atoms with Crippen LogP contribution in [0, 0.1) is 23.1 Å². The normalized spacial score (nSPS) is 13.9. The summed E-state index contributed by atoms with van der Waals surface area (Å²) in [5, 5.41) is 12.8. The molecule has 148 valence electrons. The number of nitrogens with zero attached hydrogens (tertiary/aromatic N) is 2. The van der Waals surface area contributed by atoms with Gasteiger partial charge in [0.05, 0.1) is 5.52 Å². The molecule has 29 heavy (non-hydrogen) atoms. The molecule has 4 rings (SSSR count). The molecule has 0 radical (unpaired) electrons. The van der Waals surface area contributed by atoms with Crippen molar-refractivity contribution < 1.29 is 27.1 Å². The third kappa shape index (κ3) is 3.74. The molecular formula is C20H13F4N3O2. The zero-order valence-corrected chi connectivity index (χ0v) is 14.8. The van der Waals surface area contributed by atoms with E-state index in [4.69, 9.17) is 0 Å². The molecule has 0 atom stereocenters. The first-order valence-corrected chi connectivity index (χ1v) is 8.68. The van der Waals surface area contributed by atoms with Gasteiger partial charge in [-0.05, 0) is 55.3 Å². The first kappa shape index (κ1) is 18.8. The minimum Gasteiger partial charge on any atom is -0.406 e. The van der Waals surface area contributed by atoms with Crippen LogP contribution in [-0.2, 0) is 4.79 Å². The summed E-state index contributed by atoms with van der Waals surface area (Å²) in [6.45, 7) is 0. The highest BCUT2D eigenvalue weighted by Gasteiger charge is 2.32. The van der Waals surface area contributed by atoms with Crippen molar-refractivity contribution in [1.29, 1.82) is 5.26 Å². The molecule has 1 N–H and O–H groups in total. The first-order valence-electron chi connectivity index (χ1n) is 8.68. The minimum atomic E-state index is -4.83. The number of ether oxygens (including phenoxy) is 1. The monoisotopic (exact) mass is 403 g/mol. The summed E-state index contributed by atoms with van der Waals surface area (Å²) in [7, 11) is 0. The van der Waals surface area contributed by atoms with E-state index >= 15 is 0 Å². The lowest BCUT2D eigenvalue weighted by Gasteiger charge is -2.14. The molecule has 1 aliphatic rings. The van der Waals surface area contributed by atoms with Crippen molar-refractivity contribution in [2.24, 2.45) is 5.92 Å². The molecule has 0 spiro atoms. The number of hydrogen-bond acceptors (Lipinski definition) is 3. The molecule has 1 aromatic heterocycles. The number of nitriles is 1. The number of halogens is 4. The molecule has 0 unspecified atom stereocenters. The van der Waals surface area contributed by atoms with Gasteiger partial charge in [-0.25, -0.2) is 4.39 Å². The van der Waals surface area contributed by atoms with Crippen LogP contribution in [0.3, 0.4) is 0 Å². The summed E-state index contributed by atoms with van der Waals surface area (Å²) in [4.78, 5) is 12.3. The number of hydrogen-bond donors (Lipinski definition) is 1. The standard InChI is InChI=1S/C20H13F4N3O2/c21-12-3-8-15-16(10-25)18(26-19(28)11-1-2-11)27(17(15)9-12)13-4-6-14(7-5-13)29-20(22,23)24/h3-9,11H,1-2H2,(H,26,28). The van der Waals surface area contributed by atoms with Gasteiger partial charge in [-0.3, -0.25) is 9.36 Å². The van der Waals surface area contributed by atoms with Gasteiger partial charge in [-0.15, -0.1) is 13.2 Å². The molecule has 1 aliphatic carbocycles. The lowest BCUT2D eigenvalue weighted by molar-refractivity contribution is -0.274. The highest BCUT2D eigenvalue weighted by Crippen LogP contribution is 2.36. The Labute approximate surface area is 162 Å². The molecule has 1 saturated carbocycles. The van der Waals surface area contributed by atoms with Gasteiger partial charge in [0.15, 0.2) is 0 Å². The van der Waals surface area contributed by atoms with Crippen molar-refractivity contribution in [2.75, 3.05) is 5.32 Å². The summed E-state index contributed by atoms with van der Waals surface area (Å²) in [5.74, 6) is -1.24. The fourth-order valence-electron chi connectivity index (χ4n) is 3.12. The predicted octanol–water partition coefficient (Wildman–Crippen LogP) is 4.89. The largest absolute Gasteiger partial charge is 0.573 e. The summed E-state index contributed by atoms with van der Waals surface area (Å²) >= 11 is 0. The lowest BCUT2D eigenvalue weighted by atomic mass is 10.2. The third-order valence-electron chi connectivity index (χ3n) is 4.56. The van der Waals surface area contributed by atoms with Gasteiger partial charge in [0.2, 0.25) is 5.91 Å². The number of aromatic nitrogens is 1. The van der Waals surface area contributed by atoms with Crippen LogP contribution in [0.1, 0.15) is 18.4 Å². The van der Waals surface area contributed by atoms with Crippen LogP contribution in [0.4, 0.5) is 23.4 Å². The Hall–Kier alpha value is -3.54. The smallest absolute Gasteiger partial charge is 0.406 e. The van der Waals surface area contributed by atoms with Crippen LogP contribution >= 0.6 is 0 Å². The third-order valence-corrected chi connectivity index (χ3v) is 4.56. The number of amides is 1. The fourth-order valence-corrected chi connectivity index (χ4v) is 3.12. The number of benzene rings is 2. The second kappa shape index (κ2) is 6.81. The Kier molecular flexibility index (Phi) is 4.42. The molecule has 1 heterocycles. The van der Waals surface area contributed by atoms with E-state index in [0.29, 0.717) is 16.6 Å². The number of carbonyl (C=O) groups is 1. The Bertz CT molecular complexity index is 1140. The minimum absolute atomic E-state index is 0.143. The van der Waals surface area contributed by atoms with Crippen molar-refractivity contribution in [3.05, 3.63) is 53.8 Å². The number of fused-ring (bicyclic) bond motifs is 1. The summed E-state index contributed by atoms with van der Waals surface area (Å²) < 4.78 is 56.4. The molecular weight excluding hydrogens is 390 g/mol. The molecule has 0 saturated heterocycles. The number of alkyl halides is 3. The summed E-state index contributed by atoms with van der Waals surface area (Å²) in [5.41, 5.74) is 0.782. The maximum absolute atomic E-state index is 13.9. The zero-order chi connectivity index (χ0) is 20.8. The van der Waals surface area contributed by atoms with E-state index in [1.165, 1.54) is 34.9 Å². The Balaban J connectivity index is 1.86. The second-order valence-corrected chi connectivity index (χ2v) is 6.64. The second-order valence-electron chi connectivity index (χ2n) is 6.64. The number of carbonyl (C=O) groups excluding carboxylic acids is 1. The lowest BCUT2D eigenvalue weighted by Crippen LogP contribution is -2.17. The first-order chi connectivity index (χ1) is 13.8. The molecule has 0 bridgehead atoms. The van der Waals surface area contributed by atoms with Crippen molar-refractivity contribution in [3.63, 3.8) is 0 Å². The molecule has 1 amide bonds. The van der Waals surface area contributed by atoms with E-state index in [1.54, 1.807) is 0 Å². The Morgan fingerprint density at radius 3 is 2.45 bits per heavy atom. The van der Waals surface area contributed by atoms with Crippen LogP contribution in [-0.4, -0.2) is 16.8 Å². The van der Waals surface area contributed by atoms with E-state index in [0.717, 1.165) is 25.0 Å². The van der Waals surface area contributed by atoms with Crippen LogP contribution in [0.25, 0.3) is 16.6 Å². The molecule has 3 aromatic rings. The zero-order valence-electron chi connectivity index (χ0n) is 14.8. The van der Waals surface area contributed by atoms with Crippen LogP contribution in [0.15, 0.2) is 42.5 Å². The molecule has 5 nitrogen and oxygen atoms in total. The van der Waals surface area contributed by atoms with Gasteiger partial charge in [0.1, 0.15) is 29.0 Å². The fraction of sp³-hybridized carbons (Fsp3) is 0.200. The summed E-state index contributed by atoms with van der Waals surface area (Å²) in [6.07, 6.45) is -3.35. The van der Waals surface area contributed by atoms with Crippen LogP contribution in [0.2, 0.25) is 0 Å². The van der Waals surface area contributed by atoms with Crippen molar-refractivity contribution in [1.82, 2.24) is 4.57 Å². The van der Waals surface area contributed by atoms with Crippen LogP contribution < -0.4 is 10.1 Å². The molecule has 0 aliphatic heterocycles. The maximum Gasteiger partial charge on any atom is 0.573 e. The summed E-state index contributed by atoms with van der Waals surface area (Å²) in [6, 6.07) is 10.7. The van der Waals surface area contributed by atoms with Crippen molar-refractivity contribution in [3.8, 4) is 17.5 Å². The van der Waals surface area contributed by atoms with Gasteiger partial charge < -0.3 is 10.1 Å². The maximum atomic E-state index is 13.9. The van der Waals surface area contributed by atoms with Gasteiger partial charge >= 0.3 is 6.36 Å². The SMILES string of the molecule is N#Cc1c(NC(=O)C2CC2)n(-c2ccc(OC(F)(F)F)cc2)c2cc(F)ccc12. The number of anilines is 1. The van der Waals surface area contributed by atoms with Crippen molar-refractivity contribution >= 4 is 22.6 Å². The molecule has 2 aromatic carbocycles. The van der Waals surface area contributed by atoms with E-state index < -0.39 is 17.9 Å². The van der Waals surface area contributed by atoms with Gasteiger partial charge in [-0.1, -0.05) is 0 Å². The van der Waals surface area contributed by atoms with Crippen LogP contribution in [0.5, 0.6) is 5.75 Å². The van der Waals surface area contributed by atoms with Gasteiger partial charge in [0, 0.05) is 17.0 Å². The highest BCUT2D eigenvalue weighted by atomic mass is 19.4. The topological polar surface area (TPSA) is 67.0 Å². The van der Waals surface area contributed by atoms with E-state index in [2.05, 4.69) is 10.1 Å². The van der Waals surface area contributed by atoms with Gasteiger partial charge in [-0.2, -0.15) is 5.26 Å². The predicted molar refractivity (Wildman–Crippen MR) is 96.0 cm³/mol. The van der Waals surface area contributed by atoms with E-state index in [9.17, 15) is 27.6 Å². The average molecular weight is 403 g/mol. The number of rotatable bonds is 4. The van der Waals surface area contributed by atoms with Gasteiger partial charge in [0.25, 0.3) is 0 Å². The average Bonchev–Trinajstić information content (AvgIpc) is 3.45.